The molecule has 96 valence electrons. The van der Waals surface area contributed by atoms with Crippen molar-refractivity contribution in [3.8, 4) is 0 Å². The number of halogens is 1. The van der Waals surface area contributed by atoms with Gasteiger partial charge < -0.3 is 10.2 Å². The van der Waals surface area contributed by atoms with Crippen LogP contribution in [0, 0.1) is 10.5 Å². The van der Waals surface area contributed by atoms with Crippen LogP contribution >= 0.6 is 22.6 Å². The van der Waals surface area contributed by atoms with Crippen LogP contribution in [-0.2, 0) is 9.59 Å². The van der Waals surface area contributed by atoms with Crippen LogP contribution in [0.1, 0.15) is 18.9 Å². The number of piperazine rings is 1. The molecule has 0 saturated carbocycles. The van der Waals surface area contributed by atoms with Crippen molar-refractivity contribution in [2.75, 3.05) is 11.4 Å². The molecule has 1 heterocycles. The van der Waals surface area contributed by atoms with Gasteiger partial charge in [0.2, 0.25) is 11.8 Å². The lowest BCUT2D eigenvalue weighted by Gasteiger charge is -2.33. The summed E-state index contributed by atoms with van der Waals surface area (Å²) in [7, 11) is 0. The van der Waals surface area contributed by atoms with Crippen LogP contribution in [0.2, 0.25) is 0 Å². The highest BCUT2D eigenvalue weighted by Gasteiger charge is 2.32. The van der Waals surface area contributed by atoms with Gasteiger partial charge in [-0.1, -0.05) is 13.0 Å². The van der Waals surface area contributed by atoms with E-state index >= 15 is 0 Å². The van der Waals surface area contributed by atoms with Crippen LogP contribution in [0.5, 0.6) is 0 Å². The largest absolute Gasteiger partial charge is 0.343 e. The minimum Gasteiger partial charge on any atom is -0.343 e. The Morgan fingerprint density at radius 3 is 2.83 bits per heavy atom. The number of benzene rings is 1. The number of aryl methyl sites for hydroxylation is 1. The summed E-state index contributed by atoms with van der Waals surface area (Å²) in [6.45, 7) is 3.95. The van der Waals surface area contributed by atoms with Crippen LogP contribution in [0.4, 0.5) is 5.69 Å². The van der Waals surface area contributed by atoms with Gasteiger partial charge in [-0.2, -0.15) is 0 Å². The van der Waals surface area contributed by atoms with Crippen molar-refractivity contribution in [3.63, 3.8) is 0 Å². The Bertz CT molecular complexity index is 502. The zero-order valence-electron chi connectivity index (χ0n) is 10.4. The Morgan fingerprint density at radius 1 is 1.44 bits per heavy atom. The van der Waals surface area contributed by atoms with Crippen molar-refractivity contribution in [2.45, 2.75) is 26.3 Å². The number of nitrogens with zero attached hydrogens (tertiary/aromatic N) is 1. The SMILES string of the molecule is CCC1NC(=O)CN(c2cc(I)ccc2C)C1=O. The first kappa shape index (κ1) is 13.3. The number of rotatable bonds is 2. The van der Waals surface area contributed by atoms with Crippen molar-refractivity contribution in [1.29, 1.82) is 0 Å². The number of carbonyl (C=O) groups excluding carboxylic acids is 2. The average Bonchev–Trinajstić information content (AvgIpc) is 2.35. The molecule has 1 aromatic carbocycles. The number of amides is 2. The van der Waals surface area contributed by atoms with E-state index in [-0.39, 0.29) is 18.4 Å². The summed E-state index contributed by atoms with van der Waals surface area (Å²) >= 11 is 2.21. The minimum absolute atomic E-state index is 0.0257. The summed E-state index contributed by atoms with van der Waals surface area (Å²) in [5.41, 5.74) is 1.84. The van der Waals surface area contributed by atoms with Crippen molar-refractivity contribution in [1.82, 2.24) is 5.32 Å². The smallest absolute Gasteiger partial charge is 0.250 e. The molecule has 2 rings (SSSR count). The Balaban J connectivity index is 2.39. The average molecular weight is 358 g/mol. The first-order valence-corrected chi connectivity index (χ1v) is 6.97. The third-order valence-electron chi connectivity index (χ3n) is 3.07. The third kappa shape index (κ3) is 2.50. The first-order chi connectivity index (χ1) is 8.52. The number of anilines is 1. The molecule has 0 aromatic heterocycles. The van der Waals surface area contributed by atoms with E-state index in [0.717, 1.165) is 14.8 Å². The van der Waals surface area contributed by atoms with Gasteiger partial charge in [0.05, 0.1) is 0 Å². The first-order valence-electron chi connectivity index (χ1n) is 5.89. The molecular weight excluding hydrogens is 343 g/mol. The molecule has 1 atom stereocenters. The quantitative estimate of drug-likeness (QED) is 0.821. The highest BCUT2D eigenvalue weighted by atomic mass is 127. The van der Waals surface area contributed by atoms with E-state index in [1.54, 1.807) is 4.90 Å². The summed E-state index contributed by atoms with van der Waals surface area (Å²) in [5, 5.41) is 2.72. The van der Waals surface area contributed by atoms with Crippen LogP contribution in [0.3, 0.4) is 0 Å². The Morgan fingerprint density at radius 2 is 2.17 bits per heavy atom. The molecule has 5 heteroatoms. The van der Waals surface area contributed by atoms with E-state index in [0.29, 0.717) is 6.42 Å². The Kier molecular flexibility index (Phi) is 3.89. The second kappa shape index (κ2) is 5.26. The standard InChI is InChI=1S/C13H15IN2O2/c1-3-10-13(18)16(7-12(17)15-10)11-6-9(14)5-4-8(11)2/h4-6,10H,3,7H2,1-2H3,(H,15,17). The predicted octanol–water partition coefficient (Wildman–Crippen LogP) is 1.84. The zero-order valence-corrected chi connectivity index (χ0v) is 12.5. The lowest BCUT2D eigenvalue weighted by Crippen LogP contribution is -2.58. The van der Waals surface area contributed by atoms with Gasteiger partial charge in [-0.3, -0.25) is 9.59 Å². The maximum atomic E-state index is 12.3. The molecule has 1 saturated heterocycles. The van der Waals surface area contributed by atoms with E-state index in [1.807, 2.05) is 32.0 Å². The monoisotopic (exact) mass is 358 g/mol. The summed E-state index contributed by atoms with van der Waals surface area (Å²) in [5.74, 6) is -0.123. The van der Waals surface area contributed by atoms with Gasteiger partial charge in [-0.15, -0.1) is 0 Å². The Labute approximate surface area is 120 Å². The normalized spacial score (nSPS) is 19.9. The summed E-state index contributed by atoms with van der Waals surface area (Å²) < 4.78 is 1.06. The Hall–Kier alpha value is -1.11. The number of hydrogen-bond donors (Lipinski definition) is 1. The lowest BCUT2D eigenvalue weighted by molar-refractivity contribution is -0.131. The van der Waals surface area contributed by atoms with Gasteiger partial charge in [-0.25, -0.2) is 0 Å². The summed E-state index contributed by atoms with van der Waals surface area (Å²) in [6.07, 6.45) is 0.615. The molecule has 18 heavy (non-hydrogen) atoms. The molecule has 0 spiro atoms. The van der Waals surface area contributed by atoms with Crippen LogP contribution in [-0.4, -0.2) is 24.4 Å². The van der Waals surface area contributed by atoms with Gasteiger partial charge in [0.25, 0.3) is 0 Å². The van der Waals surface area contributed by atoms with E-state index in [1.165, 1.54) is 0 Å². The number of nitrogens with one attached hydrogen (secondary N) is 1. The molecule has 1 aliphatic heterocycles. The molecule has 1 aromatic rings. The van der Waals surface area contributed by atoms with E-state index in [4.69, 9.17) is 0 Å². The fraction of sp³-hybridized carbons (Fsp3) is 0.385. The van der Waals surface area contributed by atoms with Gasteiger partial charge in [0, 0.05) is 9.26 Å². The van der Waals surface area contributed by atoms with E-state index < -0.39 is 6.04 Å². The lowest BCUT2D eigenvalue weighted by atomic mass is 10.1. The topological polar surface area (TPSA) is 49.4 Å². The van der Waals surface area contributed by atoms with Crippen LogP contribution < -0.4 is 10.2 Å². The second-order valence-electron chi connectivity index (χ2n) is 4.38. The number of hydrogen-bond acceptors (Lipinski definition) is 2. The summed E-state index contributed by atoms with van der Waals surface area (Å²) in [4.78, 5) is 25.5. The maximum Gasteiger partial charge on any atom is 0.250 e. The van der Waals surface area contributed by atoms with Crippen molar-refractivity contribution >= 4 is 40.1 Å². The van der Waals surface area contributed by atoms with Crippen LogP contribution in [0.25, 0.3) is 0 Å². The second-order valence-corrected chi connectivity index (χ2v) is 5.63. The van der Waals surface area contributed by atoms with Crippen molar-refractivity contribution in [3.05, 3.63) is 27.3 Å². The molecule has 1 unspecified atom stereocenters. The molecule has 0 aliphatic carbocycles. The number of carbonyl (C=O) groups is 2. The fourth-order valence-electron chi connectivity index (χ4n) is 2.07. The van der Waals surface area contributed by atoms with Gasteiger partial charge in [0.15, 0.2) is 0 Å². The van der Waals surface area contributed by atoms with Crippen LogP contribution in [0.15, 0.2) is 18.2 Å². The molecule has 0 bridgehead atoms. The fourth-order valence-corrected chi connectivity index (χ4v) is 2.54. The molecule has 0 radical (unpaired) electrons. The van der Waals surface area contributed by atoms with E-state index in [9.17, 15) is 9.59 Å². The van der Waals surface area contributed by atoms with Gasteiger partial charge in [-0.05, 0) is 53.6 Å². The zero-order chi connectivity index (χ0) is 13.3. The minimum atomic E-state index is -0.400. The highest BCUT2D eigenvalue weighted by molar-refractivity contribution is 14.1. The molecule has 1 N–H and O–H groups in total. The summed E-state index contributed by atoms with van der Waals surface area (Å²) in [6, 6.07) is 5.51. The van der Waals surface area contributed by atoms with Gasteiger partial charge in [0.1, 0.15) is 12.6 Å². The predicted molar refractivity (Wildman–Crippen MR) is 78.5 cm³/mol. The molecule has 4 nitrogen and oxygen atoms in total. The van der Waals surface area contributed by atoms with E-state index in [2.05, 4.69) is 27.9 Å². The highest BCUT2D eigenvalue weighted by Crippen LogP contribution is 2.24. The molecule has 1 aliphatic rings. The third-order valence-corrected chi connectivity index (χ3v) is 3.74. The maximum absolute atomic E-state index is 12.3. The molecular formula is C13H15IN2O2. The van der Waals surface area contributed by atoms with Crippen molar-refractivity contribution in [2.24, 2.45) is 0 Å². The molecule has 2 amide bonds. The van der Waals surface area contributed by atoms with Crippen molar-refractivity contribution < 1.29 is 9.59 Å². The molecule has 1 fully saturated rings. The van der Waals surface area contributed by atoms with Gasteiger partial charge >= 0.3 is 0 Å².